The van der Waals surface area contributed by atoms with E-state index in [0.717, 1.165) is 0 Å². The van der Waals surface area contributed by atoms with Crippen LogP contribution >= 0.6 is 11.3 Å². The number of phenolic OH excluding ortho intramolecular Hbond substituents is 2. The minimum atomic E-state index is -0.392. The minimum Gasteiger partial charge on any atom is -0.508 e. The van der Waals surface area contributed by atoms with Gasteiger partial charge >= 0.3 is 0 Å². The van der Waals surface area contributed by atoms with Crippen LogP contribution in [-0.4, -0.2) is 32.3 Å². The maximum atomic E-state index is 12.1. The largest absolute Gasteiger partial charge is 0.508 e. The molecule has 1 saturated carbocycles. The Morgan fingerprint density at radius 1 is 1.32 bits per heavy atom. The lowest BCUT2D eigenvalue weighted by Gasteiger charge is -2.08. The number of amides is 1. The first-order valence-electron chi connectivity index (χ1n) is 6.99. The molecule has 0 saturated heterocycles. The highest BCUT2D eigenvalue weighted by Crippen LogP contribution is 2.34. The van der Waals surface area contributed by atoms with Gasteiger partial charge in [0.05, 0.1) is 11.8 Å². The molecule has 7 heteroatoms. The van der Waals surface area contributed by atoms with Crippen LogP contribution in [-0.2, 0) is 4.79 Å². The summed E-state index contributed by atoms with van der Waals surface area (Å²) in [7, 11) is 0. The van der Waals surface area contributed by atoms with Crippen LogP contribution in [0.3, 0.4) is 0 Å². The average molecular weight is 320 g/mol. The number of hydrogen-bond donors (Lipinski definition) is 4. The number of nitrogens with zero attached hydrogens (tertiary/aromatic N) is 1. The average Bonchev–Trinajstić information content (AvgIpc) is 3.08. The topological polar surface area (TPSA) is 103 Å². The fraction of sp³-hybridized carbons (Fsp3) is 0.333. The molecular formula is C15H16N2O4S. The fourth-order valence-electron chi connectivity index (χ4n) is 2.59. The normalized spacial score (nSPS) is 21.0. The molecule has 1 aromatic carbocycles. The highest BCUT2D eigenvalue weighted by Gasteiger charge is 2.29. The Bertz CT molecular complexity index is 701. The molecule has 22 heavy (non-hydrogen) atoms. The van der Waals surface area contributed by atoms with Crippen molar-refractivity contribution < 1.29 is 20.1 Å². The number of phenols is 2. The highest BCUT2D eigenvalue weighted by molar-refractivity contribution is 7.14. The predicted molar refractivity (Wildman–Crippen MR) is 82.9 cm³/mol. The quantitative estimate of drug-likeness (QED) is 0.695. The van der Waals surface area contributed by atoms with E-state index in [1.165, 1.54) is 23.5 Å². The van der Waals surface area contributed by atoms with E-state index in [4.69, 9.17) is 0 Å². The number of carbonyl (C=O) groups is 1. The number of benzene rings is 1. The summed E-state index contributed by atoms with van der Waals surface area (Å²) in [4.78, 5) is 16.4. The first kappa shape index (κ1) is 14.8. The molecule has 0 unspecified atom stereocenters. The number of rotatable bonds is 3. The van der Waals surface area contributed by atoms with Gasteiger partial charge < -0.3 is 20.6 Å². The van der Waals surface area contributed by atoms with Crippen molar-refractivity contribution in [3.05, 3.63) is 23.6 Å². The van der Waals surface area contributed by atoms with Gasteiger partial charge in [-0.25, -0.2) is 4.98 Å². The predicted octanol–water partition coefficient (Wildman–Crippen LogP) is 2.32. The van der Waals surface area contributed by atoms with Crippen molar-refractivity contribution in [2.75, 3.05) is 5.32 Å². The van der Waals surface area contributed by atoms with Crippen LogP contribution in [0.15, 0.2) is 23.6 Å². The molecule has 2 atom stereocenters. The lowest BCUT2D eigenvalue weighted by Crippen LogP contribution is -2.21. The maximum Gasteiger partial charge on any atom is 0.229 e. The molecule has 3 rings (SSSR count). The van der Waals surface area contributed by atoms with Crippen LogP contribution in [0.25, 0.3) is 11.3 Å². The van der Waals surface area contributed by atoms with Crippen LogP contribution in [0.5, 0.6) is 11.5 Å². The minimum absolute atomic E-state index is 0.0233. The Labute approximate surface area is 131 Å². The molecule has 1 aromatic heterocycles. The molecule has 4 N–H and O–H groups in total. The third-order valence-electron chi connectivity index (χ3n) is 3.77. The van der Waals surface area contributed by atoms with Crippen molar-refractivity contribution in [3.8, 4) is 22.8 Å². The smallest absolute Gasteiger partial charge is 0.229 e. The number of aromatic hydroxyl groups is 2. The lowest BCUT2D eigenvalue weighted by molar-refractivity contribution is -0.119. The van der Waals surface area contributed by atoms with E-state index in [1.807, 2.05) is 0 Å². The Hall–Kier alpha value is -2.12. The molecule has 1 aliphatic rings. The summed E-state index contributed by atoms with van der Waals surface area (Å²) in [5.41, 5.74) is 1.02. The van der Waals surface area contributed by atoms with E-state index in [9.17, 15) is 20.1 Å². The molecule has 0 aliphatic heterocycles. The standard InChI is InChI=1S/C15H16N2O4S/c18-9-2-1-8(5-9)14(21)17-15-16-12(7-22-15)11-4-3-10(19)6-13(11)20/h3-4,6-9,18-20H,1-2,5H2,(H,16,17,21)/t8-,9-/m1/s1. The number of hydrogen-bond acceptors (Lipinski definition) is 6. The van der Waals surface area contributed by atoms with Gasteiger partial charge in [-0.3, -0.25) is 4.79 Å². The number of anilines is 1. The van der Waals surface area contributed by atoms with Crippen molar-refractivity contribution in [2.45, 2.75) is 25.4 Å². The number of aromatic nitrogens is 1. The number of nitrogens with one attached hydrogen (secondary N) is 1. The Morgan fingerprint density at radius 2 is 2.14 bits per heavy atom. The molecule has 2 aromatic rings. The van der Waals surface area contributed by atoms with Gasteiger partial charge in [-0.2, -0.15) is 0 Å². The van der Waals surface area contributed by atoms with E-state index >= 15 is 0 Å². The first-order chi connectivity index (χ1) is 10.5. The van der Waals surface area contributed by atoms with Crippen LogP contribution in [0.4, 0.5) is 5.13 Å². The third-order valence-corrected chi connectivity index (χ3v) is 4.53. The summed E-state index contributed by atoms with van der Waals surface area (Å²) >= 11 is 1.27. The van der Waals surface area contributed by atoms with Crippen molar-refractivity contribution >= 4 is 22.4 Å². The van der Waals surface area contributed by atoms with Gasteiger partial charge in [0, 0.05) is 22.9 Å². The van der Waals surface area contributed by atoms with Gasteiger partial charge in [-0.05, 0) is 31.4 Å². The summed E-state index contributed by atoms with van der Waals surface area (Å²) in [5, 5.41) is 33.5. The van der Waals surface area contributed by atoms with Crippen LogP contribution < -0.4 is 5.32 Å². The van der Waals surface area contributed by atoms with Crippen LogP contribution in [0.2, 0.25) is 0 Å². The molecule has 1 heterocycles. The first-order valence-corrected chi connectivity index (χ1v) is 7.87. The second kappa shape index (κ2) is 5.94. The van der Waals surface area contributed by atoms with E-state index in [2.05, 4.69) is 10.3 Å². The van der Waals surface area contributed by atoms with Crippen molar-refractivity contribution in [3.63, 3.8) is 0 Å². The monoisotopic (exact) mass is 320 g/mol. The SMILES string of the molecule is O=C(Nc1nc(-c2ccc(O)cc2O)cs1)[C@@H]1CC[C@@H](O)C1. The molecule has 116 valence electrons. The van der Waals surface area contributed by atoms with Gasteiger partial charge in [0.25, 0.3) is 0 Å². The lowest BCUT2D eigenvalue weighted by atomic mass is 10.1. The number of aliphatic hydroxyl groups is 1. The van der Waals surface area contributed by atoms with E-state index in [1.54, 1.807) is 11.4 Å². The number of aliphatic hydroxyl groups excluding tert-OH is 1. The summed E-state index contributed by atoms with van der Waals surface area (Å²) in [6.07, 6.45) is 1.44. The molecule has 0 spiro atoms. The molecule has 1 fully saturated rings. The van der Waals surface area contributed by atoms with Gasteiger partial charge in [0.2, 0.25) is 5.91 Å². The Kier molecular flexibility index (Phi) is 4.00. The summed E-state index contributed by atoms with van der Waals surface area (Å²) in [6, 6.07) is 4.28. The number of carbonyl (C=O) groups excluding carboxylic acids is 1. The van der Waals surface area contributed by atoms with E-state index < -0.39 is 6.10 Å². The molecule has 1 amide bonds. The summed E-state index contributed by atoms with van der Waals surface area (Å²) < 4.78 is 0. The molecular weight excluding hydrogens is 304 g/mol. The molecule has 1 aliphatic carbocycles. The van der Waals surface area contributed by atoms with Crippen LogP contribution in [0, 0.1) is 5.92 Å². The molecule has 0 radical (unpaired) electrons. The molecule has 0 bridgehead atoms. The van der Waals surface area contributed by atoms with Gasteiger partial charge in [-0.1, -0.05) is 0 Å². The van der Waals surface area contributed by atoms with Crippen molar-refractivity contribution in [2.24, 2.45) is 5.92 Å². The second-order valence-electron chi connectivity index (χ2n) is 5.39. The van der Waals surface area contributed by atoms with E-state index in [0.29, 0.717) is 35.7 Å². The Morgan fingerprint density at radius 3 is 2.82 bits per heavy atom. The summed E-state index contributed by atoms with van der Waals surface area (Å²) in [5.74, 6) is -0.399. The van der Waals surface area contributed by atoms with Gasteiger partial charge in [0.15, 0.2) is 5.13 Å². The zero-order valence-corrected chi connectivity index (χ0v) is 12.5. The van der Waals surface area contributed by atoms with Gasteiger partial charge in [0.1, 0.15) is 11.5 Å². The zero-order valence-electron chi connectivity index (χ0n) is 11.7. The van der Waals surface area contributed by atoms with Crippen molar-refractivity contribution in [1.29, 1.82) is 0 Å². The van der Waals surface area contributed by atoms with Crippen LogP contribution in [0.1, 0.15) is 19.3 Å². The van der Waals surface area contributed by atoms with E-state index in [-0.39, 0.29) is 23.3 Å². The Balaban J connectivity index is 1.72. The fourth-order valence-corrected chi connectivity index (χ4v) is 3.31. The third kappa shape index (κ3) is 3.05. The highest BCUT2D eigenvalue weighted by atomic mass is 32.1. The number of thiazole rings is 1. The zero-order chi connectivity index (χ0) is 15.7. The van der Waals surface area contributed by atoms with Gasteiger partial charge in [-0.15, -0.1) is 11.3 Å². The summed E-state index contributed by atoms with van der Waals surface area (Å²) in [6.45, 7) is 0. The second-order valence-corrected chi connectivity index (χ2v) is 6.25. The molecule has 6 nitrogen and oxygen atoms in total. The van der Waals surface area contributed by atoms with Crippen molar-refractivity contribution in [1.82, 2.24) is 4.98 Å². The maximum absolute atomic E-state index is 12.1.